The van der Waals surface area contributed by atoms with Gasteiger partial charge in [-0.15, -0.1) is 0 Å². The molecule has 2 aliphatic heterocycles. The van der Waals surface area contributed by atoms with Crippen LogP contribution in [-0.4, -0.2) is 34.7 Å². The van der Waals surface area contributed by atoms with Crippen molar-refractivity contribution in [2.45, 2.75) is 12.3 Å². The minimum atomic E-state index is -0.214. The lowest BCUT2D eigenvalue weighted by Gasteiger charge is -2.25. The third-order valence-electron chi connectivity index (χ3n) is 4.90. The highest BCUT2D eigenvalue weighted by Crippen LogP contribution is 2.25. The van der Waals surface area contributed by atoms with Crippen LogP contribution < -0.4 is 0 Å². The molecule has 4 rings (SSSR count). The smallest absolute Gasteiger partial charge is 0.261 e. The van der Waals surface area contributed by atoms with Gasteiger partial charge in [-0.25, -0.2) is 0 Å². The molecule has 0 aliphatic carbocycles. The Balaban J connectivity index is 1.37. The molecule has 4 nitrogen and oxygen atoms in total. The van der Waals surface area contributed by atoms with E-state index < -0.39 is 0 Å². The van der Waals surface area contributed by atoms with Crippen molar-refractivity contribution >= 4 is 11.8 Å². The number of carbonyl (C=O) groups is 2. The lowest BCUT2D eigenvalue weighted by atomic mass is 9.94. The zero-order valence-corrected chi connectivity index (χ0v) is 14.4. The highest BCUT2D eigenvalue weighted by atomic mass is 16.2. The van der Waals surface area contributed by atoms with Crippen molar-refractivity contribution < 1.29 is 9.59 Å². The molecule has 0 bridgehead atoms. The fraction of sp³-hybridized carbons (Fsp3) is 0.182. The first-order valence-corrected chi connectivity index (χ1v) is 8.85. The number of amides is 2. The first-order valence-electron chi connectivity index (χ1n) is 8.85. The first-order chi connectivity index (χ1) is 12.7. The van der Waals surface area contributed by atoms with Gasteiger partial charge in [-0.2, -0.15) is 0 Å². The first kappa shape index (κ1) is 16.3. The van der Waals surface area contributed by atoms with Gasteiger partial charge >= 0.3 is 0 Å². The van der Waals surface area contributed by atoms with Crippen LogP contribution in [0.25, 0.3) is 0 Å². The van der Waals surface area contributed by atoms with E-state index >= 15 is 0 Å². The molecule has 0 saturated heterocycles. The summed E-state index contributed by atoms with van der Waals surface area (Å²) in [7, 11) is 0. The van der Waals surface area contributed by atoms with E-state index in [0.717, 1.165) is 13.0 Å². The molecule has 26 heavy (non-hydrogen) atoms. The highest BCUT2D eigenvalue weighted by Gasteiger charge is 2.34. The Bertz CT molecular complexity index is 851. The topological polar surface area (TPSA) is 40.6 Å². The molecular formula is C22H20N2O2. The molecule has 0 spiro atoms. The zero-order valence-electron chi connectivity index (χ0n) is 14.4. The van der Waals surface area contributed by atoms with Crippen molar-refractivity contribution in [2.75, 3.05) is 13.1 Å². The number of rotatable bonds is 4. The van der Waals surface area contributed by atoms with Gasteiger partial charge < -0.3 is 4.90 Å². The van der Waals surface area contributed by atoms with Crippen molar-refractivity contribution in [3.63, 3.8) is 0 Å². The van der Waals surface area contributed by atoms with Crippen LogP contribution >= 0.6 is 0 Å². The SMILES string of the molecule is O=C1c2ccccc2C(=O)N1CC=CN1C=CC(c2ccccc2)CC1. The Labute approximate surface area is 153 Å². The van der Waals surface area contributed by atoms with Crippen LogP contribution in [0.5, 0.6) is 0 Å². The van der Waals surface area contributed by atoms with Crippen molar-refractivity contribution in [3.05, 3.63) is 95.8 Å². The monoisotopic (exact) mass is 344 g/mol. The molecule has 1 atom stereocenters. The number of fused-ring (bicyclic) bond motifs is 1. The van der Waals surface area contributed by atoms with Gasteiger partial charge in [0.05, 0.1) is 11.1 Å². The summed E-state index contributed by atoms with van der Waals surface area (Å²) < 4.78 is 0. The Kier molecular flexibility index (Phi) is 4.40. The molecular weight excluding hydrogens is 324 g/mol. The second-order valence-electron chi connectivity index (χ2n) is 6.54. The van der Waals surface area contributed by atoms with Gasteiger partial charge in [0.2, 0.25) is 0 Å². The van der Waals surface area contributed by atoms with Gasteiger partial charge in [0.15, 0.2) is 0 Å². The van der Waals surface area contributed by atoms with E-state index in [2.05, 4.69) is 41.4 Å². The lowest BCUT2D eigenvalue weighted by Crippen LogP contribution is -2.30. The van der Waals surface area contributed by atoms with E-state index in [1.807, 2.05) is 18.3 Å². The average Bonchev–Trinajstić information content (AvgIpc) is 2.94. The fourth-order valence-corrected chi connectivity index (χ4v) is 3.47. The van der Waals surface area contributed by atoms with Crippen LogP contribution in [0.4, 0.5) is 0 Å². The summed E-state index contributed by atoms with van der Waals surface area (Å²) in [4.78, 5) is 28.1. The highest BCUT2D eigenvalue weighted by molar-refractivity contribution is 6.21. The number of nitrogens with zero attached hydrogens (tertiary/aromatic N) is 2. The summed E-state index contributed by atoms with van der Waals surface area (Å²) in [6.45, 7) is 1.20. The Hall–Kier alpha value is -3.14. The zero-order chi connectivity index (χ0) is 17.9. The molecule has 2 aromatic rings. The summed E-state index contributed by atoms with van der Waals surface area (Å²) in [6.07, 6.45) is 9.12. The predicted molar refractivity (Wildman–Crippen MR) is 101 cm³/mol. The van der Waals surface area contributed by atoms with E-state index in [9.17, 15) is 9.59 Å². The third kappa shape index (κ3) is 3.06. The van der Waals surface area contributed by atoms with Crippen molar-refractivity contribution in [3.8, 4) is 0 Å². The largest absolute Gasteiger partial charge is 0.355 e. The Morgan fingerprint density at radius 1 is 0.923 bits per heavy atom. The standard InChI is InChI=1S/C22H20N2O2/c25-21-19-9-4-5-10-20(19)22(26)24(21)14-6-13-23-15-11-18(12-16-23)17-7-2-1-3-8-17/h1-11,13,15,18H,12,14,16H2. The number of imide groups is 1. The maximum absolute atomic E-state index is 12.3. The van der Waals surface area contributed by atoms with E-state index in [1.54, 1.807) is 24.3 Å². The van der Waals surface area contributed by atoms with E-state index in [4.69, 9.17) is 0 Å². The van der Waals surface area contributed by atoms with Gasteiger partial charge in [-0.1, -0.05) is 48.5 Å². The summed E-state index contributed by atoms with van der Waals surface area (Å²) in [5.74, 6) is 0.0132. The second kappa shape index (κ2) is 7.00. The summed E-state index contributed by atoms with van der Waals surface area (Å²) in [6, 6.07) is 17.5. The Morgan fingerprint density at radius 3 is 2.19 bits per heavy atom. The Morgan fingerprint density at radius 2 is 1.58 bits per heavy atom. The van der Waals surface area contributed by atoms with Crippen LogP contribution in [0, 0.1) is 0 Å². The molecule has 2 amide bonds. The second-order valence-corrected chi connectivity index (χ2v) is 6.54. The summed E-state index contributed by atoms with van der Waals surface area (Å²) >= 11 is 0. The van der Waals surface area contributed by atoms with E-state index in [-0.39, 0.29) is 11.8 Å². The van der Waals surface area contributed by atoms with Crippen LogP contribution in [0.2, 0.25) is 0 Å². The van der Waals surface area contributed by atoms with Gasteiger partial charge in [-0.3, -0.25) is 14.5 Å². The normalized spacial score (nSPS) is 19.5. The molecule has 2 aromatic carbocycles. The number of benzene rings is 2. The van der Waals surface area contributed by atoms with Crippen molar-refractivity contribution in [2.24, 2.45) is 0 Å². The molecule has 0 fully saturated rings. The molecule has 0 N–H and O–H groups in total. The number of allylic oxidation sites excluding steroid dienone is 1. The van der Waals surface area contributed by atoms with Gasteiger partial charge in [-0.05, 0) is 30.2 Å². The molecule has 2 heterocycles. The van der Waals surface area contributed by atoms with Crippen molar-refractivity contribution in [1.82, 2.24) is 9.80 Å². The third-order valence-corrected chi connectivity index (χ3v) is 4.90. The van der Waals surface area contributed by atoms with Gasteiger partial charge in [0, 0.05) is 31.4 Å². The van der Waals surface area contributed by atoms with E-state index in [0.29, 0.717) is 23.6 Å². The van der Waals surface area contributed by atoms with Crippen LogP contribution in [0.1, 0.15) is 38.6 Å². The minimum Gasteiger partial charge on any atom is -0.355 e. The van der Waals surface area contributed by atoms with Crippen LogP contribution in [0.15, 0.2) is 79.1 Å². The molecule has 0 aromatic heterocycles. The molecule has 2 aliphatic rings. The van der Waals surface area contributed by atoms with Gasteiger partial charge in [0.1, 0.15) is 0 Å². The maximum atomic E-state index is 12.3. The number of carbonyl (C=O) groups excluding carboxylic acids is 2. The minimum absolute atomic E-state index is 0.214. The van der Waals surface area contributed by atoms with E-state index in [1.165, 1.54) is 10.5 Å². The quantitative estimate of drug-likeness (QED) is 0.792. The van der Waals surface area contributed by atoms with Crippen LogP contribution in [0.3, 0.4) is 0 Å². The molecule has 0 saturated carbocycles. The number of hydrogen-bond donors (Lipinski definition) is 0. The van der Waals surface area contributed by atoms with Gasteiger partial charge in [0.25, 0.3) is 11.8 Å². The fourth-order valence-electron chi connectivity index (χ4n) is 3.47. The molecule has 1 unspecified atom stereocenters. The summed E-state index contributed by atoms with van der Waals surface area (Å²) in [5.41, 5.74) is 2.32. The predicted octanol–water partition coefficient (Wildman–Crippen LogP) is 3.80. The maximum Gasteiger partial charge on any atom is 0.261 e. The average molecular weight is 344 g/mol. The molecule has 4 heteroatoms. The lowest BCUT2D eigenvalue weighted by molar-refractivity contribution is 0.0671. The van der Waals surface area contributed by atoms with Crippen molar-refractivity contribution in [1.29, 1.82) is 0 Å². The van der Waals surface area contributed by atoms with Crippen LogP contribution in [-0.2, 0) is 0 Å². The molecule has 0 radical (unpaired) electrons. The number of hydrogen-bond acceptors (Lipinski definition) is 3. The molecule has 130 valence electrons. The summed E-state index contributed by atoms with van der Waals surface area (Å²) in [5, 5.41) is 0.